The van der Waals surface area contributed by atoms with Crippen molar-refractivity contribution in [3.05, 3.63) is 36.4 Å². The fourth-order valence-corrected chi connectivity index (χ4v) is 1.54. The molecule has 3 heteroatoms. The molecule has 0 heterocycles. The van der Waals surface area contributed by atoms with Crippen LogP contribution >= 0.6 is 0 Å². The highest BCUT2D eigenvalue weighted by molar-refractivity contribution is 5.97. The lowest BCUT2D eigenvalue weighted by Gasteiger charge is -2.08. The summed E-state index contributed by atoms with van der Waals surface area (Å²) in [5.41, 5.74) is 6.54. The Morgan fingerprint density at radius 3 is 2.60 bits per heavy atom. The zero-order chi connectivity index (χ0) is 10.7. The van der Waals surface area contributed by atoms with Crippen molar-refractivity contribution in [1.82, 2.24) is 0 Å². The Hall–Kier alpha value is -2.03. The molecule has 0 amide bonds. The molecule has 0 atom stereocenters. The zero-order valence-electron chi connectivity index (χ0n) is 8.14. The van der Waals surface area contributed by atoms with Crippen LogP contribution in [-0.4, -0.2) is 12.9 Å². The number of nitrogens with two attached hydrogens (primary N) is 1. The standard InChI is InChI=1S/C12H11NO2/c13-11-5-6-12(15-8-7-14)10-4-2-1-3-9(10)11/h1-7H,8,13H2. The number of hydrogen-bond donors (Lipinski definition) is 1. The third-order valence-electron chi connectivity index (χ3n) is 2.22. The van der Waals surface area contributed by atoms with E-state index in [0.717, 1.165) is 17.1 Å². The molecule has 2 rings (SSSR count). The van der Waals surface area contributed by atoms with Crippen LogP contribution in [0.15, 0.2) is 36.4 Å². The van der Waals surface area contributed by atoms with Crippen molar-refractivity contribution in [3.8, 4) is 5.75 Å². The van der Waals surface area contributed by atoms with Crippen LogP contribution in [0.4, 0.5) is 5.69 Å². The van der Waals surface area contributed by atoms with Gasteiger partial charge < -0.3 is 10.5 Å². The summed E-state index contributed by atoms with van der Waals surface area (Å²) < 4.78 is 5.30. The topological polar surface area (TPSA) is 52.3 Å². The number of nitrogen functional groups attached to an aromatic ring is 1. The van der Waals surface area contributed by atoms with Gasteiger partial charge >= 0.3 is 0 Å². The highest BCUT2D eigenvalue weighted by Crippen LogP contribution is 2.29. The average molecular weight is 201 g/mol. The zero-order valence-corrected chi connectivity index (χ0v) is 8.14. The predicted octanol–water partition coefficient (Wildman–Crippen LogP) is 2.00. The van der Waals surface area contributed by atoms with Crippen molar-refractivity contribution in [3.63, 3.8) is 0 Å². The third kappa shape index (κ3) is 1.76. The van der Waals surface area contributed by atoms with Crippen molar-refractivity contribution in [2.24, 2.45) is 0 Å². The maximum Gasteiger partial charge on any atom is 0.157 e. The minimum atomic E-state index is 0.0634. The van der Waals surface area contributed by atoms with Crippen molar-refractivity contribution in [2.45, 2.75) is 0 Å². The van der Waals surface area contributed by atoms with E-state index in [9.17, 15) is 4.79 Å². The second kappa shape index (κ2) is 4.00. The first-order chi connectivity index (χ1) is 7.33. The molecule has 0 aromatic heterocycles. The fraction of sp³-hybridized carbons (Fsp3) is 0.0833. The summed E-state index contributed by atoms with van der Waals surface area (Å²) >= 11 is 0. The molecule has 2 N–H and O–H groups in total. The first-order valence-corrected chi connectivity index (χ1v) is 4.66. The van der Waals surface area contributed by atoms with E-state index in [4.69, 9.17) is 10.5 Å². The molecule has 0 fully saturated rings. The van der Waals surface area contributed by atoms with E-state index in [0.29, 0.717) is 11.4 Å². The Labute approximate surface area is 87.5 Å². The first-order valence-electron chi connectivity index (χ1n) is 4.66. The Balaban J connectivity index is 2.56. The van der Waals surface area contributed by atoms with E-state index in [2.05, 4.69) is 0 Å². The van der Waals surface area contributed by atoms with Crippen LogP contribution in [0.5, 0.6) is 5.75 Å². The molecule has 0 unspecified atom stereocenters. The maximum absolute atomic E-state index is 10.2. The molecule has 0 aliphatic carbocycles. The minimum Gasteiger partial charge on any atom is -0.485 e. The first kappa shape index (κ1) is 9.52. The summed E-state index contributed by atoms with van der Waals surface area (Å²) in [7, 11) is 0. The molecule has 0 aliphatic heterocycles. The molecule has 2 aromatic rings. The van der Waals surface area contributed by atoms with Gasteiger partial charge in [0.25, 0.3) is 0 Å². The molecule has 15 heavy (non-hydrogen) atoms. The number of anilines is 1. The van der Waals surface area contributed by atoms with Crippen LogP contribution in [-0.2, 0) is 4.79 Å². The SMILES string of the molecule is Nc1ccc(OCC=O)c2ccccc12. The molecular formula is C12H11NO2. The van der Waals surface area contributed by atoms with E-state index in [-0.39, 0.29) is 6.61 Å². The third-order valence-corrected chi connectivity index (χ3v) is 2.22. The van der Waals surface area contributed by atoms with Crippen LogP contribution in [0.3, 0.4) is 0 Å². The molecule has 0 saturated carbocycles. The number of carbonyl (C=O) groups excluding carboxylic acids is 1. The highest BCUT2D eigenvalue weighted by Gasteiger charge is 2.03. The quantitative estimate of drug-likeness (QED) is 0.610. The monoisotopic (exact) mass is 201 g/mol. The second-order valence-corrected chi connectivity index (χ2v) is 3.18. The number of benzene rings is 2. The largest absolute Gasteiger partial charge is 0.485 e. The van der Waals surface area contributed by atoms with Crippen LogP contribution < -0.4 is 10.5 Å². The van der Waals surface area contributed by atoms with Crippen LogP contribution in [0.1, 0.15) is 0 Å². The summed E-state index contributed by atoms with van der Waals surface area (Å²) in [6.07, 6.45) is 0.727. The number of hydrogen-bond acceptors (Lipinski definition) is 3. The van der Waals surface area contributed by atoms with E-state index < -0.39 is 0 Å². The smallest absolute Gasteiger partial charge is 0.157 e. The number of ether oxygens (including phenoxy) is 1. The molecular weight excluding hydrogens is 190 g/mol. The van der Waals surface area contributed by atoms with Gasteiger partial charge in [-0.2, -0.15) is 0 Å². The van der Waals surface area contributed by atoms with Gasteiger partial charge in [-0.1, -0.05) is 24.3 Å². The van der Waals surface area contributed by atoms with E-state index in [1.807, 2.05) is 24.3 Å². The summed E-state index contributed by atoms with van der Waals surface area (Å²) in [6, 6.07) is 11.2. The number of aldehydes is 1. The van der Waals surface area contributed by atoms with Crippen LogP contribution in [0.25, 0.3) is 10.8 Å². The number of carbonyl (C=O) groups is 1. The predicted molar refractivity (Wildman–Crippen MR) is 59.9 cm³/mol. The Morgan fingerprint density at radius 2 is 1.87 bits per heavy atom. The van der Waals surface area contributed by atoms with Crippen molar-refractivity contribution >= 4 is 22.7 Å². The summed E-state index contributed by atoms with van der Waals surface area (Å²) in [6.45, 7) is 0.0634. The Morgan fingerprint density at radius 1 is 1.13 bits per heavy atom. The molecule has 2 aromatic carbocycles. The molecule has 0 saturated heterocycles. The van der Waals surface area contributed by atoms with Crippen molar-refractivity contribution < 1.29 is 9.53 Å². The van der Waals surface area contributed by atoms with Gasteiger partial charge in [-0.25, -0.2) is 0 Å². The van der Waals surface area contributed by atoms with E-state index in [1.165, 1.54) is 0 Å². The second-order valence-electron chi connectivity index (χ2n) is 3.18. The molecule has 76 valence electrons. The molecule has 3 nitrogen and oxygen atoms in total. The lowest BCUT2D eigenvalue weighted by atomic mass is 10.1. The lowest BCUT2D eigenvalue weighted by molar-refractivity contribution is -0.109. The summed E-state index contributed by atoms with van der Waals surface area (Å²) in [5.74, 6) is 0.687. The van der Waals surface area contributed by atoms with Gasteiger partial charge in [0.05, 0.1) is 0 Å². The van der Waals surface area contributed by atoms with Gasteiger partial charge in [0, 0.05) is 16.5 Å². The molecule has 0 aliphatic rings. The van der Waals surface area contributed by atoms with Crippen LogP contribution in [0.2, 0.25) is 0 Å². The summed E-state index contributed by atoms with van der Waals surface area (Å²) in [4.78, 5) is 10.2. The van der Waals surface area contributed by atoms with Gasteiger partial charge in [-0.15, -0.1) is 0 Å². The van der Waals surface area contributed by atoms with Gasteiger partial charge in [0.1, 0.15) is 12.4 Å². The van der Waals surface area contributed by atoms with Crippen molar-refractivity contribution in [1.29, 1.82) is 0 Å². The molecule has 0 radical (unpaired) electrons. The van der Waals surface area contributed by atoms with Crippen LogP contribution in [0, 0.1) is 0 Å². The van der Waals surface area contributed by atoms with Crippen molar-refractivity contribution in [2.75, 3.05) is 12.3 Å². The lowest BCUT2D eigenvalue weighted by Crippen LogP contribution is -1.99. The van der Waals surface area contributed by atoms with Gasteiger partial charge in [-0.05, 0) is 12.1 Å². The Bertz CT molecular complexity index is 494. The average Bonchev–Trinajstić information content (AvgIpc) is 2.29. The highest BCUT2D eigenvalue weighted by atomic mass is 16.5. The normalized spacial score (nSPS) is 10.1. The summed E-state index contributed by atoms with van der Waals surface area (Å²) in [5, 5.41) is 1.88. The van der Waals surface area contributed by atoms with Gasteiger partial charge in [0.15, 0.2) is 6.29 Å². The number of rotatable bonds is 3. The Kier molecular flexibility index (Phi) is 2.54. The molecule has 0 bridgehead atoms. The number of fused-ring (bicyclic) bond motifs is 1. The molecule has 0 spiro atoms. The van der Waals surface area contributed by atoms with Gasteiger partial charge in [-0.3, -0.25) is 4.79 Å². The van der Waals surface area contributed by atoms with E-state index >= 15 is 0 Å². The van der Waals surface area contributed by atoms with E-state index in [1.54, 1.807) is 12.1 Å². The maximum atomic E-state index is 10.2. The fourth-order valence-electron chi connectivity index (χ4n) is 1.54. The van der Waals surface area contributed by atoms with Gasteiger partial charge in [0.2, 0.25) is 0 Å². The minimum absolute atomic E-state index is 0.0634.